The fraction of sp³-hybridized carbons (Fsp3) is 0.636. The van der Waals surface area contributed by atoms with E-state index in [-0.39, 0.29) is 0 Å². The average molecular weight is 436 g/mol. The predicted molar refractivity (Wildman–Crippen MR) is 122 cm³/mol. The number of carbonyl (C=O) groups is 1. The van der Waals surface area contributed by atoms with Crippen molar-refractivity contribution in [2.75, 3.05) is 59.6 Å². The number of hydrogen-bond donors (Lipinski definition) is 3. The zero-order chi connectivity index (χ0) is 22.5. The van der Waals surface area contributed by atoms with Crippen LogP contribution in [-0.2, 0) is 16.0 Å². The van der Waals surface area contributed by atoms with Gasteiger partial charge in [-0.2, -0.15) is 0 Å². The molecule has 0 aromatic heterocycles. The maximum absolute atomic E-state index is 11.7. The van der Waals surface area contributed by atoms with Crippen LogP contribution < -0.4 is 20.7 Å². The zero-order valence-electron chi connectivity index (χ0n) is 19.2. The Morgan fingerprint density at radius 3 is 2.55 bits per heavy atom. The Hall–Kier alpha value is -2.52. The summed E-state index contributed by atoms with van der Waals surface area (Å²) >= 11 is 0. The molecule has 1 amide bonds. The third-order valence-electron chi connectivity index (χ3n) is 4.50. The second-order valence-electron chi connectivity index (χ2n) is 8.19. The number of nitrogens with one attached hydrogen (secondary N) is 3. The van der Waals surface area contributed by atoms with Crippen molar-refractivity contribution in [1.29, 1.82) is 0 Å². The fourth-order valence-corrected chi connectivity index (χ4v) is 2.96. The Bertz CT molecular complexity index is 699. The van der Waals surface area contributed by atoms with Gasteiger partial charge < -0.3 is 30.2 Å². The highest BCUT2D eigenvalue weighted by molar-refractivity contribution is 5.79. The number of guanidine groups is 1. The molecule has 1 aliphatic rings. The molecule has 1 aliphatic heterocycles. The van der Waals surface area contributed by atoms with Crippen molar-refractivity contribution in [1.82, 2.24) is 20.9 Å². The first-order chi connectivity index (χ1) is 14.9. The van der Waals surface area contributed by atoms with Crippen LogP contribution in [0.1, 0.15) is 26.3 Å². The summed E-state index contributed by atoms with van der Waals surface area (Å²) in [6.07, 6.45) is -0.430. The van der Waals surface area contributed by atoms with Crippen molar-refractivity contribution >= 4 is 12.1 Å². The predicted octanol–water partition coefficient (Wildman–Crippen LogP) is 1.59. The quantitative estimate of drug-likeness (QED) is 0.308. The Kier molecular flexibility index (Phi) is 10.4. The molecule has 9 heteroatoms. The first-order valence-electron chi connectivity index (χ1n) is 10.8. The number of morpholine rings is 1. The summed E-state index contributed by atoms with van der Waals surface area (Å²) < 4.78 is 16.6. The number of para-hydroxylation sites is 1. The zero-order valence-corrected chi connectivity index (χ0v) is 19.2. The normalized spacial score (nSPS) is 15.3. The second kappa shape index (κ2) is 13.0. The molecule has 2 rings (SSSR count). The molecular weight excluding hydrogens is 398 g/mol. The number of ether oxygens (including phenoxy) is 3. The van der Waals surface area contributed by atoms with Crippen LogP contribution in [0.25, 0.3) is 0 Å². The number of hydrogen-bond acceptors (Lipinski definition) is 6. The van der Waals surface area contributed by atoms with E-state index in [1.165, 1.54) is 0 Å². The van der Waals surface area contributed by atoms with Crippen LogP contribution in [0, 0.1) is 0 Å². The SMILES string of the molecule is CN=C(NCCNC(=O)OC(C)(C)C)NCc1ccccc1OCCN1CCOCC1. The maximum Gasteiger partial charge on any atom is 0.407 e. The van der Waals surface area contributed by atoms with Gasteiger partial charge in [0.05, 0.1) is 13.2 Å². The lowest BCUT2D eigenvalue weighted by molar-refractivity contribution is 0.0322. The van der Waals surface area contributed by atoms with Gasteiger partial charge >= 0.3 is 6.09 Å². The molecule has 3 N–H and O–H groups in total. The molecule has 1 heterocycles. The molecule has 174 valence electrons. The van der Waals surface area contributed by atoms with Gasteiger partial charge in [-0.25, -0.2) is 4.79 Å². The lowest BCUT2D eigenvalue weighted by Gasteiger charge is -2.26. The summed E-state index contributed by atoms with van der Waals surface area (Å²) in [4.78, 5) is 18.3. The molecule has 0 spiro atoms. The highest BCUT2D eigenvalue weighted by Crippen LogP contribution is 2.17. The van der Waals surface area contributed by atoms with Gasteiger partial charge in [0.15, 0.2) is 5.96 Å². The van der Waals surface area contributed by atoms with Gasteiger partial charge in [-0.15, -0.1) is 0 Å². The largest absolute Gasteiger partial charge is 0.492 e. The minimum Gasteiger partial charge on any atom is -0.492 e. The number of alkyl carbamates (subject to hydrolysis) is 1. The van der Waals surface area contributed by atoms with Gasteiger partial charge in [0.25, 0.3) is 0 Å². The van der Waals surface area contributed by atoms with Crippen molar-refractivity contribution in [3.63, 3.8) is 0 Å². The summed E-state index contributed by atoms with van der Waals surface area (Å²) in [5.41, 5.74) is 0.548. The van der Waals surface area contributed by atoms with E-state index in [2.05, 4.69) is 25.8 Å². The van der Waals surface area contributed by atoms with E-state index in [1.807, 2.05) is 45.0 Å². The molecule has 0 saturated carbocycles. The number of benzene rings is 1. The van der Waals surface area contributed by atoms with E-state index in [9.17, 15) is 4.79 Å². The van der Waals surface area contributed by atoms with Crippen LogP contribution in [-0.4, -0.2) is 82.1 Å². The smallest absolute Gasteiger partial charge is 0.407 e. The van der Waals surface area contributed by atoms with Crippen LogP contribution in [0.15, 0.2) is 29.3 Å². The van der Waals surface area contributed by atoms with E-state index in [4.69, 9.17) is 14.2 Å². The third-order valence-corrected chi connectivity index (χ3v) is 4.50. The monoisotopic (exact) mass is 435 g/mol. The molecule has 0 aliphatic carbocycles. The van der Waals surface area contributed by atoms with Crippen LogP contribution >= 0.6 is 0 Å². The van der Waals surface area contributed by atoms with Gasteiger partial charge in [0.2, 0.25) is 0 Å². The lowest BCUT2D eigenvalue weighted by Crippen LogP contribution is -2.42. The van der Waals surface area contributed by atoms with E-state index >= 15 is 0 Å². The van der Waals surface area contributed by atoms with Crippen LogP contribution in [0.5, 0.6) is 5.75 Å². The Morgan fingerprint density at radius 2 is 1.84 bits per heavy atom. The molecule has 0 atom stereocenters. The molecule has 0 radical (unpaired) electrons. The van der Waals surface area contributed by atoms with Crippen LogP contribution in [0.3, 0.4) is 0 Å². The van der Waals surface area contributed by atoms with E-state index in [0.717, 1.165) is 44.2 Å². The molecule has 1 saturated heterocycles. The third kappa shape index (κ3) is 10.4. The second-order valence-corrected chi connectivity index (χ2v) is 8.19. The number of rotatable bonds is 9. The highest BCUT2D eigenvalue weighted by Gasteiger charge is 2.15. The Morgan fingerprint density at radius 1 is 1.13 bits per heavy atom. The van der Waals surface area contributed by atoms with Gasteiger partial charge in [0, 0.05) is 51.9 Å². The Labute approximate surface area is 185 Å². The summed E-state index contributed by atoms with van der Waals surface area (Å²) in [6.45, 7) is 12.1. The number of carbonyl (C=O) groups excluding carboxylic acids is 1. The molecular formula is C22H37N5O4. The topological polar surface area (TPSA) is 96.5 Å². The van der Waals surface area contributed by atoms with Crippen LogP contribution in [0.2, 0.25) is 0 Å². The minimum atomic E-state index is -0.507. The van der Waals surface area contributed by atoms with Gasteiger partial charge in [-0.3, -0.25) is 9.89 Å². The fourth-order valence-electron chi connectivity index (χ4n) is 2.96. The molecule has 0 bridgehead atoms. The minimum absolute atomic E-state index is 0.427. The molecule has 0 unspecified atom stereocenters. The van der Waals surface area contributed by atoms with Crippen molar-refractivity contribution in [2.45, 2.75) is 32.9 Å². The summed E-state index contributed by atoms with van der Waals surface area (Å²) in [5.74, 6) is 1.51. The molecule has 1 aromatic carbocycles. The van der Waals surface area contributed by atoms with Crippen LogP contribution in [0.4, 0.5) is 4.79 Å². The number of aliphatic imine (C=N–C) groups is 1. The summed E-state index contributed by atoms with van der Waals surface area (Å²) in [7, 11) is 1.71. The van der Waals surface area contributed by atoms with Gasteiger partial charge in [-0.05, 0) is 26.8 Å². The van der Waals surface area contributed by atoms with Crippen molar-refractivity contribution in [2.24, 2.45) is 4.99 Å². The summed E-state index contributed by atoms with van der Waals surface area (Å²) in [6, 6.07) is 7.99. The van der Waals surface area contributed by atoms with Gasteiger partial charge in [0.1, 0.15) is 18.0 Å². The van der Waals surface area contributed by atoms with E-state index in [1.54, 1.807) is 7.05 Å². The number of nitrogens with zero attached hydrogens (tertiary/aromatic N) is 2. The van der Waals surface area contributed by atoms with Crippen molar-refractivity contribution in [3.8, 4) is 5.75 Å². The first-order valence-corrected chi connectivity index (χ1v) is 10.8. The maximum atomic E-state index is 11.7. The van der Waals surface area contributed by atoms with Crippen molar-refractivity contribution in [3.05, 3.63) is 29.8 Å². The van der Waals surface area contributed by atoms with Crippen molar-refractivity contribution < 1.29 is 19.0 Å². The number of amides is 1. The Balaban J connectivity index is 1.71. The van der Waals surface area contributed by atoms with E-state index in [0.29, 0.717) is 32.2 Å². The molecule has 9 nitrogen and oxygen atoms in total. The highest BCUT2D eigenvalue weighted by atomic mass is 16.6. The molecule has 1 aromatic rings. The van der Waals surface area contributed by atoms with E-state index < -0.39 is 11.7 Å². The lowest BCUT2D eigenvalue weighted by atomic mass is 10.2. The standard InChI is InChI=1S/C22H37N5O4/c1-22(2,3)31-21(28)25-10-9-24-20(23-4)26-17-18-7-5-6-8-19(18)30-16-13-27-11-14-29-15-12-27/h5-8H,9-17H2,1-4H3,(H,25,28)(H2,23,24,26). The summed E-state index contributed by atoms with van der Waals surface area (Å²) in [5, 5.41) is 9.17. The molecule has 1 fully saturated rings. The van der Waals surface area contributed by atoms with Gasteiger partial charge in [-0.1, -0.05) is 18.2 Å². The first kappa shape index (κ1) is 24.7. The molecule has 31 heavy (non-hydrogen) atoms. The average Bonchev–Trinajstić information content (AvgIpc) is 2.73.